The molecule has 0 fully saturated rings. The van der Waals surface area contributed by atoms with Gasteiger partial charge in [-0.15, -0.1) is 69.8 Å². The number of aliphatic hydroxyl groups is 1. The van der Waals surface area contributed by atoms with E-state index in [1.165, 1.54) is 54.2 Å². The molecule has 1 radical (unpaired) electrons. The molecule has 0 aliphatic carbocycles. The van der Waals surface area contributed by atoms with E-state index in [2.05, 4.69) is 180 Å². The minimum absolute atomic E-state index is 0. The van der Waals surface area contributed by atoms with Gasteiger partial charge in [-0.05, 0) is 75.2 Å². The van der Waals surface area contributed by atoms with Gasteiger partial charge in [-0.2, -0.15) is 13.2 Å². The molecule has 0 aliphatic heterocycles. The Kier molecular flexibility index (Phi) is 20.4. The number of ketones is 1. The van der Waals surface area contributed by atoms with Gasteiger partial charge in [0.1, 0.15) is 0 Å². The fraction of sp³-hybridized carbons (Fsp3) is 0.441. The van der Waals surface area contributed by atoms with Crippen LogP contribution in [-0.4, -0.2) is 43.2 Å². The fourth-order valence-electron chi connectivity index (χ4n) is 8.08. The predicted octanol–water partition coefficient (Wildman–Crippen LogP) is 16.1. The summed E-state index contributed by atoms with van der Waals surface area (Å²) in [6.45, 7) is 37.3. The topological polar surface area (TPSA) is 63.1 Å². The second-order valence-corrected chi connectivity index (χ2v) is 32.7. The van der Waals surface area contributed by atoms with Crippen LogP contribution in [0.3, 0.4) is 0 Å². The summed E-state index contributed by atoms with van der Waals surface area (Å²) in [4.78, 5) is 21.1. The van der Waals surface area contributed by atoms with Crippen molar-refractivity contribution in [3.63, 3.8) is 0 Å². The van der Waals surface area contributed by atoms with Crippen LogP contribution in [0.25, 0.3) is 44.1 Å². The van der Waals surface area contributed by atoms with Gasteiger partial charge in [-0.3, -0.25) is 4.79 Å². The Morgan fingerprint density at radius 1 is 0.623 bits per heavy atom. The molecule has 6 rings (SSSR count). The molecule has 0 aliphatic rings. The second-order valence-electron chi connectivity index (χ2n) is 22.5. The average Bonchev–Trinajstić information content (AvgIpc) is 3.23. The normalized spacial score (nSPS) is 13.0. The molecule has 0 bridgehead atoms. The monoisotopic (exact) mass is 1150 g/mol. The third kappa shape index (κ3) is 16.7. The van der Waals surface area contributed by atoms with Crippen LogP contribution in [0.15, 0.2) is 97.0 Å². The second kappa shape index (κ2) is 23.8. The summed E-state index contributed by atoms with van der Waals surface area (Å²) < 4.78 is 36.8. The van der Waals surface area contributed by atoms with Crippen molar-refractivity contribution in [2.75, 3.05) is 0 Å². The van der Waals surface area contributed by atoms with Crippen molar-refractivity contribution in [1.29, 1.82) is 0 Å². The van der Waals surface area contributed by atoms with E-state index in [0.29, 0.717) is 12.8 Å². The molecular weight excluding hydrogens is 1070 g/mol. The average molecular weight is 1150 g/mol. The number of aromatic nitrogens is 2. The van der Waals surface area contributed by atoms with Gasteiger partial charge in [-0.25, -0.2) is 0 Å². The van der Waals surface area contributed by atoms with E-state index >= 15 is 0 Å². The first-order valence-electron chi connectivity index (χ1n) is 24.3. The van der Waals surface area contributed by atoms with Crippen molar-refractivity contribution >= 4 is 53.8 Å². The van der Waals surface area contributed by atoms with E-state index < -0.39 is 40.4 Å². The van der Waals surface area contributed by atoms with Gasteiger partial charge in [0.2, 0.25) is 0 Å². The van der Waals surface area contributed by atoms with Gasteiger partial charge in [0, 0.05) is 50.4 Å². The molecule has 10 heteroatoms. The van der Waals surface area contributed by atoms with E-state index in [1.54, 1.807) is 6.92 Å². The van der Waals surface area contributed by atoms with Crippen molar-refractivity contribution in [1.82, 2.24) is 9.97 Å². The van der Waals surface area contributed by atoms with Crippen LogP contribution in [-0.2, 0) is 35.7 Å². The zero-order valence-corrected chi connectivity index (χ0v) is 48.8. The summed E-state index contributed by atoms with van der Waals surface area (Å²) in [5.74, 6) is -2.00. The molecule has 375 valence electrons. The van der Waals surface area contributed by atoms with Crippen LogP contribution in [0.4, 0.5) is 13.2 Å². The van der Waals surface area contributed by atoms with Crippen LogP contribution in [0, 0.1) is 37.8 Å². The summed E-state index contributed by atoms with van der Waals surface area (Å²) in [7, 11) is -2.64. The van der Waals surface area contributed by atoms with Gasteiger partial charge < -0.3 is 15.1 Å². The predicted molar refractivity (Wildman–Crippen MR) is 289 cm³/mol. The third-order valence-electron chi connectivity index (χ3n) is 12.6. The molecule has 2 aromatic heterocycles. The number of carbonyl (C=O) groups is 1. The number of benzene rings is 4. The van der Waals surface area contributed by atoms with Gasteiger partial charge >= 0.3 is 6.18 Å². The van der Waals surface area contributed by atoms with Crippen molar-refractivity contribution in [3.8, 4) is 22.5 Å². The first kappa shape index (κ1) is 59.1. The van der Waals surface area contributed by atoms with Gasteiger partial charge in [0.05, 0.1) is 28.3 Å². The van der Waals surface area contributed by atoms with Crippen molar-refractivity contribution in [2.45, 2.75) is 158 Å². The van der Waals surface area contributed by atoms with Gasteiger partial charge in [0.15, 0.2) is 5.78 Å². The largest absolute Gasteiger partial charge is 0.512 e. The van der Waals surface area contributed by atoms with Crippen molar-refractivity contribution < 1.29 is 43.2 Å². The number of nitrogens with zero attached hydrogens (tertiary/aromatic N) is 2. The Labute approximate surface area is 428 Å². The maximum Gasteiger partial charge on any atom is 0.389 e. The number of aryl methyl sites for hydroxylation is 2. The van der Waals surface area contributed by atoms with Crippen LogP contribution in [0.2, 0.25) is 39.3 Å². The zero-order chi connectivity index (χ0) is 51.2. The van der Waals surface area contributed by atoms with E-state index in [-0.39, 0.29) is 49.1 Å². The van der Waals surface area contributed by atoms with Crippen LogP contribution >= 0.6 is 0 Å². The Balaban J connectivity index is 0.000000277. The summed E-state index contributed by atoms with van der Waals surface area (Å²) in [5, 5.41) is 17.6. The van der Waals surface area contributed by atoms with Gasteiger partial charge in [-0.1, -0.05) is 162 Å². The zero-order valence-electron chi connectivity index (χ0n) is 44.4. The molecule has 1 N–H and O–H groups in total. The number of fused-ring (bicyclic) bond motifs is 2. The maximum absolute atomic E-state index is 12.3. The number of pyridine rings is 2. The molecule has 1 unspecified atom stereocenters. The van der Waals surface area contributed by atoms with Crippen LogP contribution < -0.4 is 10.4 Å². The Morgan fingerprint density at radius 3 is 1.32 bits per heavy atom. The minimum atomic E-state index is -4.33. The molecule has 1 atom stereocenters. The molecule has 6 aromatic rings. The van der Waals surface area contributed by atoms with Crippen molar-refractivity contribution in [3.05, 3.63) is 131 Å². The Hall–Kier alpha value is -4.22. The Bertz CT molecular complexity index is 2560. The van der Waals surface area contributed by atoms with E-state index in [1.807, 2.05) is 26.2 Å². The summed E-state index contributed by atoms with van der Waals surface area (Å²) >= 11 is 0. The van der Waals surface area contributed by atoms with Crippen LogP contribution in [0.5, 0.6) is 0 Å². The molecule has 4 nitrogen and oxygen atoms in total. The quantitative estimate of drug-likeness (QED) is 0.0608. The molecule has 0 saturated carbocycles. The van der Waals surface area contributed by atoms with E-state index in [0.717, 1.165) is 28.6 Å². The van der Waals surface area contributed by atoms with Gasteiger partial charge in [0.25, 0.3) is 0 Å². The number of halogens is 3. The first-order valence-corrected chi connectivity index (χ1v) is 31.3. The standard InChI is InChI=1S/2C23H28NSi.C13H21F3O2.Ir/c2*1-16-12-18(14-19(13-16)23(2,3)4)22-21-9-8-20(25(5,6)7)15-17(21)10-11-24-22;1-4-9(5-2)11(17)7-12(18)10(6-3)8-13(14,15)16;/h2*8-11,13-15H,1-7H3;7,9-10,18H,4-6,8H2,1-3H3;/q2*-1;;/b;;12-7-;. The third-order valence-corrected chi connectivity index (χ3v) is 16.7. The number of carbonyl (C=O) groups excluding carboxylic acids is 1. The number of allylic oxidation sites excluding steroid dienone is 2. The van der Waals surface area contributed by atoms with Crippen molar-refractivity contribution in [2.24, 2.45) is 11.8 Å². The van der Waals surface area contributed by atoms with Crippen LogP contribution in [0.1, 0.15) is 110 Å². The molecule has 0 spiro atoms. The number of hydrogen-bond acceptors (Lipinski definition) is 4. The number of alkyl halides is 3. The molecule has 2 heterocycles. The molecule has 0 amide bonds. The summed E-state index contributed by atoms with van der Waals surface area (Å²) in [6, 6.07) is 34.1. The number of aliphatic hydroxyl groups excluding tert-OH is 1. The summed E-state index contributed by atoms with van der Waals surface area (Å²) in [6.07, 6.45) is 0.791. The first-order chi connectivity index (χ1) is 31.4. The minimum Gasteiger partial charge on any atom is -0.512 e. The molecule has 69 heavy (non-hydrogen) atoms. The Morgan fingerprint density at radius 2 is 1.00 bits per heavy atom. The molecule has 0 saturated heterocycles. The fourth-order valence-corrected chi connectivity index (χ4v) is 10.4. The number of hydrogen-bond donors (Lipinski definition) is 1. The maximum atomic E-state index is 12.3. The molecule has 4 aromatic carbocycles. The SMILES string of the molecule is CCC(CC)C(=O)/C=C(\O)C(CC)CC(F)(F)F.Cc1[c-]c(-c2nccc3cc([Si](C)(C)C)ccc23)cc(C(C)(C)C)c1.Cc1[c-]c(-c2nccc3cc([Si](C)(C)C)ccc23)cc(C(C)(C)C)c1.[Ir]. The molecular formula is C59H77F3IrN2O2Si2-2. The summed E-state index contributed by atoms with van der Waals surface area (Å²) in [5.41, 5.74) is 9.48. The number of rotatable bonds is 11. The smallest absolute Gasteiger partial charge is 0.389 e. The van der Waals surface area contributed by atoms with E-state index in [9.17, 15) is 23.1 Å². The van der Waals surface area contributed by atoms with E-state index in [4.69, 9.17) is 9.97 Å².